The molecule has 0 saturated carbocycles. The van der Waals surface area contributed by atoms with E-state index in [1.54, 1.807) is 44.4 Å². The summed E-state index contributed by atoms with van der Waals surface area (Å²) in [6.07, 6.45) is 3.47. The van der Waals surface area contributed by atoms with E-state index in [0.717, 1.165) is 5.56 Å². The van der Waals surface area contributed by atoms with Crippen LogP contribution in [0.5, 0.6) is 0 Å². The zero-order valence-electron chi connectivity index (χ0n) is 15.5. The van der Waals surface area contributed by atoms with E-state index in [0.29, 0.717) is 16.2 Å². The predicted octanol–water partition coefficient (Wildman–Crippen LogP) is 4.04. The summed E-state index contributed by atoms with van der Waals surface area (Å²) in [6.45, 7) is 7.93. The fourth-order valence-electron chi connectivity index (χ4n) is 2.79. The molecular weight excluding hydrogens is 354 g/mol. The van der Waals surface area contributed by atoms with Gasteiger partial charge in [-0.1, -0.05) is 23.7 Å². The molecule has 1 heterocycles. The Bertz CT molecular complexity index is 703. The summed E-state index contributed by atoms with van der Waals surface area (Å²) in [7, 11) is 0. The Kier molecular flexibility index (Phi) is 6.86. The highest BCUT2D eigenvalue weighted by molar-refractivity contribution is 6.30. The maximum atomic E-state index is 12.6. The van der Waals surface area contributed by atoms with Gasteiger partial charge >= 0.3 is 11.9 Å². The van der Waals surface area contributed by atoms with E-state index in [4.69, 9.17) is 21.1 Å². The van der Waals surface area contributed by atoms with Crippen molar-refractivity contribution in [2.45, 2.75) is 39.7 Å². The summed E-state index contributed by atoms with van der Waals surface area (Å²) >= 11 is 6.14. The van der Waals surface area contributed by atoms with Gasteiger partial charge in [0.1, 0.15) is 0 Å². The quantitative estimate of drug-likeness (QED) is 0.700. The van der Waals surface area contributed by atoms with Crippen molar-refractivity contribution >= 4 is 23.5 Å². The van der Waals surface area contributed by atoms with Crippen LogP contribution in [-0.2, 0) is 19.1 Å². The molecule has 1 aromatic carbocycles. The second-order valence-electron chi connectivity index (χ2n) is 6.14. The van der Waals surface area contributed by atoms with Gasteiger partial charge < -0.3 is 14.4 Å². The highest BCUT2D eigenvalue weighted by atomic mass is 35.5. The van der Waals surface area contributed by atoms with Crippen LogP contribution >= 0.6 is 11.6 Å². The number of carbonyl (C=O) groups excluding carboxylic acids is 2. The summed E-state index contributed by atoms with van der Waals surface area (Å²) in [5.41, 5.74) is 1.50. The minimum atomic E-state index is -0.596. The van der Waals surface area contributed by atoms with Crippen molar-refractivity contribution in [3.8, 4) is 0 Å². The highest BCUT2D eigenvalue weighted by Gasteiger charge is 2.36. The fraction of sp³-hybridized carbons (Fsp3) is 0.400. The van der Waals surface area contributed by atoms with E-state index < -0.39 is 17.9 Å². The fourth-order valence-corrected chi connectivity index (χ4v) is 2.99. The lowest BCUT2D eigenvalue weighted by Crippen LogP contribution is -2.32. The van der Waals surface area contributed by atoms with Crippen LogP contribution < -0.4 is 0 Å². The lowest BCUT2D eigenvalue weighted by Gasteiger charge is -2.32. The third-order valence-electron chi connectivity index (χ3n) is 4.00. The summed E-state index contributed by atoms with van der Waals surface area (Å²) < 4.78 is 10.5. The van der Waals surface area contributed by atoms with Gasteiger partial charge in [-0.15, -0.1) is 0 Å². The van der Waals surface area contributed by atoms with Crippen molar-refractivity contribution in [1.29, 1.82) is 0 Å². The molecule has 0 spiro atoms. The maximum Gasteiger partial charge on any atom is 0.336 e. The van der Waals surface area contributed by atoms with Gasteiger partial charge in [-0.3, -0.25) is 0 Å². The molecule has 0 N–H and O–H groups in total. The van der Waals surface area contributed by atoms with Crippen molar-refractivity contribution < 1.29 is 19.1 Å². The highest BCUT2D eigenvalue weighted by Crippen LogP contribution is 2.38. The second kappa shape index (κ2) is 8.90. The number of benzene rings is 1. The molecule has 0 unspecified atom stereocenters. The van der Waals surface area contributed by atoms with Gasteiger partial charge in [0.25, 0.3) is 0 Å². The number of hydrogen-bond donors (Lipinski definition) is 0. The lowest BCUT2D eigenvalue weighted by molar-refractivity contribution is -0.139. The van der Waals surface area contributed by atoms with Gasteiger partial charge in [-0.25, -0.2) is 9.59 Å². The van der Waals surface area contributed by atoms with Gasteiger partial charge in [0.2, 0.25) is 0 Å². The third kappa shape index (κ3) is 4.47. The molecular formula is C20H24ClNO4. The van der Waals surface area contributed by atoms with Gasteiger partial charge in [-0.05, 0) is 45.4 Å². The van der Waals surface area contributed by atoms with Crippen molar-refractivity contribution in [3.63, 3.8) is 0 Å². The number of hydrogen-bond acceptors (Lipinski definition) is 5. The molecule has 1 aliphatic rings. The van der Waals surface area contributed by atoms with Gasteiger partial charge in [0.15, 0.2) is 0 Å². The molecule has 6 heteroatoms. The molecule has 2 rings (SSSR count). The molecule has 0 aromatic heterocycles. The number of ether oxygens (including phenoxy) is 2. The van der Waals surface area contributed by atoms with Crippen LogP contribution in [0.2, 0.25) is 5.02 Å². The normalized spacial score (nSPS) is 14.8. The Morgan fingerprint density at radius 1 is 1.08 bits per heavy atom. The molecule has 0 atom stereocenters. The molecule has 0 aliphatic carbocycles. The Morgan fingerprint density at radius 3 is 2.04 bits per heavy atom. The summed E-state index contributed by atoms with van der Waals surface area (Å²) in [6, 6.07) is 7.18. The molecule has 26 heavy (non-hydrogen) atoms. The van der Waals surface area contributed by atoms with Gasteiger partial charge in [-0.2, -0.15) is 0 Å². The lowest BCUT2D eigenvalue weighted by atomic mass is 9.83. The Labute approximate surface area is 159 Å². The molecule has 1 aromatic rings. The Balaban J connectivity index is 2.60. The average Bonchev–Trinajstić information content (AvgIpc) is 2.60. The minimum Gasteiger partial charge on any atom is -0.463 e. The van der Waals surface area contributed by atoms with Crippen LogP contribution in [0.3, 0.4) is 0 Å². The minimum absolute atomic E-state index is 0.0594. The molecule has 0 fully saturated rings. The van der Waals surface area contributed by atoms with Crippen molar-refractivity contribution in [1.82, 2.24) is 4.90 Å². The number of esters is 2. The predicted molar refractivity (Wildman–Crippen MR) is 101 cm³/mol. The molecule has 0 radical (unpaired) electrons. The Hall–Kier alpha value is -2.27. The van der Waals surface area contributed by atoms with E-state index in [1.807, 2.05) is 24.8 Å². The first-order chi connectivity index (χ1) is 12.4. The zero-order chi connectivity index (χ0) is 19.3. The second-order valence-corrected chi connectivity index (χ2v) is 6.58. The first-order valence-corrected chi connectivity index (χ1v) is 9.07. The molecule has 5 nitrogen and oxygen atoms in total. The van der Waals surface area contributed by atoms with Gasteiger partial charge in [0, 0.05) is 23.5 Å². The van der Waals surface area contributed by atoms with Crippen LogP contribution in [0.25, 0.3) is 0 Å². The largest absolute Gasteiger partial charge is 0.463 e. The number of halogens is 1. The standard InChI is InChI=1S/C20H24ClNO4/c1-5-25-19(23)16-11-22(13(3)4)12-17(20(24)26-6-2)18(16)14-8-7-9-15(21)10-14/h7-13,18H,5-6H2,1-4H3. The van der Waals surface area contributed by atoms with Crippen LogP contribution in [0, 0.1) is 0 Å². The van der Waals surface area contributed by atoms with Crippen LogP contribution in [0.4, 0.5) is 0 Å². The molecule has 0 amide bonds. The van der Waals surface area contributed by atoms with E-state index in [-0.39, 0.29) is 19.3 Å². The van der Waals surface area contributed by atoms with E-state index in [2.05, 4.69) is 0 Å². The van der Waals surface area contributed by atoms with Crippen molar-refractivity contribution in [3.05, 3.63) is 58.4 Å². The smallest absolute Gasteiger partial charge is 0.336 e. The van der Waals surface area contributed by atoms with Crippen LogP contribution in [-0.4, -0.2) is 36.1 Å². The van der Waals surface area contributed by atoms with Crippen molar-refractivity contribution in [2.24, 2.45) is 0 Å². The zero-order valence-corrected chi connectivity index (χ0v) is 16.2. The number of nitrogens with zero attached hydrogens (tertiary/aromatic N) is 1. The average molecular weight is 378 g/mol. The maximum absolute atomic E-state index is 12.6. The van der Waals surface area contributed by atoms with Crippen LogP contribution in [0.1, 0.15) is 39.2 Å². The van der Waals surface area contributed by atoms with E-state index >= 15 is 0 Å². The number of carbonyl (C=O) groups is 2. The first-order valence-electron chi connectivity index (χ1n) is 8.69. The topological polar surface area (TPSA) is 55.8 Å². The SMILES string of the molecule is CCOC(=O)C1=CN(C(C)C)C=C(C(=O)OCC)C1c1cccc(Cl)c1. The van der Waals surface area contributed by atoms with Gasteiger partial charge in [0.05, 0.1) is 30.3 Å². The monoisotopic (exact) mass is 377 g/mol. The number of rotatable bonds is 6. The summed E-state index contributed by atoms with van der Waals surface area (Å²) in [5, 5.41) is 0.528. The summed E-state index contributed by atoms with van der Waals surface area (Å²) in [4.78, 5) is 27.1. The van der Waals surface area contributed by atoms with E-state index in [9.17, 15) is 9.59 Å². The Morgan fingerprint density at radius 2 is 1.62 bits per heavy atom. The van der Waals surface area contributed by atoms with E-state index in [1.165, 1.54) is 0 Å². The third-order valence-corrected chi connectivity index (χ3v) is 4.23. The van der Waals surface area contributed by atoms with Crippen molar-refractivity contribution in [2.75, 3.05) is 13.2 Å². The van der Waals surface area contributed by atoms with Crippen LogP contribution in [0.15, 0.2) is 47.8 Å². The molecule has 0 saturated heterocycles. The molecule has 0 bridgehead atoms. The summed E-state index contributed by atoms with van der Waals surface area (Å²) in [5.74, 6) is -1.52. The molecule has 1 aliphatic heterocycles. The first kappa shape index (κ1) is 20.0. The molecule has 140 valence electrons.